The number of nitrogens with zero attached hydrogens (tertiary/aromatic N) is 4. The Balaban J connectivity index is 1.48. The van der Waals surface area contributed by atoms with E-state index < -0.39 is 0 Å². The molecule has 0 unspecified atom stereocenters. The zero-order valence-electron chi connectivity index (χ0n) is 15.8. The van der Waals surface area contributed by atoms with Crippen molar-refractivity contribution in [1.82, 2.24) is 20.1 Å². The largest absolute Gasteiger partial charge is 0.423 e. The second kappa shape index (κ2) is 7.56. The van der Waals surface area contributed by atoms with Gasteiger partial charge in [0, 0.05) is 43.4 Å². The van der Waals surface area contributed by atoms with Crippen LogP contribution >= 0.6 is 0 Å². The van der Waals surface area contributed by atoms with Crippen LogP contribution < -0.4 is 10.2 Å². The molecule has 1 amide bonds. The molecule has 4 rings (SSSR count). The first kappa shape index (κ1) is 17.8. The van der Waals surface area contributed by atoms with E-state index in [1.165, 1.54) is 6.39 Å². The maximum Gasteiger partial charge on any atom is 0.249 e. The Morgan fingerprint density at radius 3 is 2.64 bits per heavy atom. The summed E-state index contributed by atoms with van der Waals surface area (Å²) in [6.45, 7) is 0.701. The number of hydrogen-bond donors (Lipinski definition) is 1. The van der Waals surface area contributed by atoms with Crippen LogP contribution in [0.25, 0.3) is 22.4 Å². The van der Waals surface area contributed by atoms with Crippen LogP contribution in [-0.2, 0) is 17.9 Å². The van der Waals surface area contributed by atoms with Gasteiger partial charge >= 0.3 is 0 Å². The highest BCUT2D eigenvalue weighted by molar-refractivity contribution is 5.94. The summed E-state index contributed by atoms with van der Waals surface area (Å²) in [5.74, 6) is 0.380. The van der Waals surface area contributed by atoms with E-state index in [9.17, 15) is 4.79 Å². The Bertz CT molecular complexity index is 1080. The number of carbonyl (C=O) groups excluding carboxylic acids is 1. The average molecular weight is 375 g/mol. The van der Waals surface area contributed by atoms with E-state index in [1.807, 2.05) is 78.3 Å². The molecular weight excluding hydrogens is 354 g/mol. The van der Waals surface area contributed by atoms with Gasteiger partial charge in [-0.3, -0.25) is 4.79 Å². The molecule has 0 aliphatic rings. The van der Waals surface area contributed by atoms with E-state index in [4.69, 9.17) is 4.42 Å². The maximum atomic E-state index is 12.5. The molecule has 7 nitrogen and oxygen atoms in total. The van der Waals surface area contributed by atoms with Gasteiger partial charge < -0.3 is 19.2 Å². The van der Waals surface area contributed by atoms with Gasteiger partial charge in [0.1, 0.15) is 6.54 Å². The van der Waals surface area contributed by atoms with E-state index in [2.05, 4.69) is 15.5 Å². The summed E-state index contributed by atoms with van der Waals surface area (Å²) in [6, 6.07) is 16.0. The monoisotopic (exact) mass is 375 g/mol. The topological polar surface area (TPSA) is 76.2 Å². The van der Waals surface area contributed by atoms with Crippen LogP contribution in [0.4, 0.5) is 5.69 Å². The van der Waals surface area contributed by atoms with Crippen molar-refractivity contribution in [1.29, 1.82) is 0 Å². The van der Waals surface area contributed by atoms with Crippen LogP contribution in [0.15, 0.2) is 65.5 Å². The van der Waals surface area contributed by atoms with E-state index in [0.29, 0.717) is 12.4 Å². The highest BCUT2D eigenvalue weighted by atomic mass is 16.4. The third-order valence-electron chi connectivity index (χ3n) is 4.64. The van der Waals surface area contributed by atoms with Crippen molar-refractivity contribution in [2.45, 2.75) is 13.1 Å². The first-order valence-corrected chi connectivity index (χ1v) is 8.99. The molecule has 0 bridgehead atoms. The highest BCUT2D eigenvalue weighted by Crippen LogP contribution is 2.29. The number of para-hydroxylation sites is 1. The molecule has 0 aliphatic heterocycles. The smallest absolute Gasteiger partial charge is 0.249 e. The van der Waals surface area contributed by atoms with Crippen molar-refractivity contribution >= 4 is 22.5 Å². The van der Waals surface area contributed by atoms with Crippen molar-refractivity contribution in [2.24, 2.45) is 0 Å². The summed E-state index contributed by atoms with van der Waals surface area (Å²) in [5, 5.41) is 11.7. The predicted octanol–water partition coefficient (Wildman–Crippen LogP) is 3.07. The molecule has 2 heterocycles. The highest BCUT2D eigenvalue weighted by Gasteiger charge is 2.15. The van der Waals surface area contributed by atoms with Gasteiger partial charge in [-0.15, -0.1) is 10.2 Å². The summed E-state index contributed by atoms with van der Waals surface area (Å²) in [5.41, 5.74) is 3.95. The second-order valence-corrected chi connectivity index (χ2v) is 6.77. The first-order chi connectivity index (χ1) is 13.6. The Kier molecular flexibility index (Phi) is 4.80. The molecule has 142 valence electrons. The maximum absolute atomic E-state index is 12.5. The molecule has 2 aromatic heterocycles. The molecule has 0 radical (unpaired) electrons. The molecule has 1 N–H and O–H groups in total. The van der Waals surface area contributed by atoms with Gasteiger partial charge in [0.15, 0.2) is 0 Å². The number of benzene rings is 2. The number of aromatic nitrogens is 3. The molecule has 0 atom stereocenters. The molecule has 7 heteroatoms. The average Bonchev–Trinajstić information content (AvgIpc) is 3.35. The zero-order chi connectivity index (χ0) is 19.5. The lowest BCUT2D eigenvalue weighted by atomic mass is 10.2. The lowest BCUT2D eigenvalue weighted by Gasteiger charge is -2.13. The van der Waals surface area contributed by atoms with Gasteiger partial charge in [-0.25, -0.2) is 0 Å². The summed E-state index contributed by atoms with van der Waals surface area (Å²) in [6.07, 6.45) is 3.18. The number of hydrogen-bond acceptors (Lipinski definition) is 5. The van der Waals surface area contributed by atoms with Gasteiger partial charge in [0.25, 0.3) is 0 Å². The number of nitrogens with one attached hydrogen (secondary N) is 1. The first-order valence-electron chi connectivity index (χ1n) is 8.99. The minimum absolute atomic E-state index is 0.0606. The SMILES string of the molecule is CN(C)c1ccc(CNC(=O)Cn2cc(-c3nnco3)c3ccccc32)cc1. The van der Waals surface area contributed by atoms with Crippen molar-refractivity contribution in [3.63, 3.8) is 0 Å². The van der Waals surface area contributed by atoms with Crippen LogP contribution in [0.3, 0.4) is 0 Å². The van der Waals surface area contributed by atoms with Crippen molar-refractivity contribution < 1.29 is 9.21 Å². The fourth-order valence-electron chi connectivity index (χ4n) is 3.16. The minimum atomic E-state index is -0.0606. The molecule has 0 spiro atoms. The second-order valence-electron chi connectivity index (χ2n) is 6.77. The predicted molar refractivity (Wildman–Crippen MR) is 108 cm³/mol. The summed E-state index contributed by atoms with van der Waals surface area (Å²) in [7, 11) is 4.00. The van der Waals surface area contributed by atoms with Crippen molar-refractivity contribution in [3.8, 4) is 11.5 Å². The molecule has 2 aromatic carbocycles. The van der Waals surface area contributed by atoms with E-state index in [-0.39, 0.29) is 12.5 Å². The number of amides is 1. The van der Waals surface area contributed by atoms with E-state index in [1.54, 1.807) is 0 Å². The third-order valence-corrected chi connectivity index (χ3v) is 4.64. The van der Waals surface area contributed by atoms with Crippen LogP contribution in [0.5, 0.6) is 0 Å². The van der Waals surface area contributed by atoms with E-state index in [0.717, 1.165) is 27.7 Å². The van der Waals surface area contributed by atoms with Crippen LogP contribution in [-0.4, -0.2) is 34.8 Å². The van der Waals surface area contributed by atoms with Crippen molar-refractivity contribution in [2.75, 3.05) is 19.0 Å². The Morgan fingerprint density at radius 2 is 1.93 bits per heavy atom. The zero-order valence-corrected chi connectivity index (χ0v) is 15.8. The standard InChI is InChI=1S/C21H21N5O2/c1-25(2)16-9-7-15(8-10-16)11-22-20(27)13-26-12-18(21-24-23-14-28-21)17-5-3-4-6-19(17)26/h3-10,12,14H,11,13H2,1-2H3,(H,22,27). The minimum Gasteiger partial charge on any atom is -0.423 e. The Morgan fingerprint density at radius 1 is 1.14 bits per heavy atom. The van der Waals surface area contributed by atoms with Gasteiger partial charge in [-0.1, -0.05) is 30.3 Å². The lowest BCUT2D eigenvalue weighted by Crippen LogP contribution is -2.26. The number of fused-ring (bicyclic) bond motifs is 1. The summed E-state index contributed by atoms with van der Waals surface area (Å²) < 4.78 is 7.24. The van der Waals surface area contributed by atoms with Gasteiger partial charge in [-0.05, 0) is 23.8 Å². The van der Waals surface area contributed by atoms with Crippen LogP contribution in [0.2, 0.25) is 0 Å². The Labute approximate surface area is 162 Å². The fraction of sp³-hybridized carbons (Fsp3) is 0.190. The number of rotatable bonds is 6. The number of carbonyl (C=O) groups is 1. The van der Waals surface area contributed by atoms with Crippen LogP contribution in [0.1, 0.15) is 5.56 Å². The van der Waals surface area contributed by atoms with E-state index >= 15 is 0 Å². The van der Waals surface area contributed by atoms with Crippen molar-refractivity contribution in [3.05, 3.63) is 66.7 Å². The molecule has 0 aliphatic carbocycles. The summed E-state index contributed by atoms with van der Waals surface area (Å²) in [4.78, 5) is 14.6. The molecular formula is C21H21N5O2. The molecule has 0 fully saturated rings. The summed E-state index contributed by atoms with van der Waals surface area (Å²) >= 11 is 0. The fourth-order valence-corrected chi connectivity index (χ4v) is 3.16. The molecule has 0 saturated heterocycles. The van der Waals surface area contributed by atoms with Crippen LogP contribution in [0, 0.1) is 0 Å². The quantitative estimate of drug-likeness (QED) is 0.560. The van der Waals surface area contributed by atoms with Gasteiger partial charge in [-0.2, -0.15) is 0 Å². The number of anilines is 1. The lowest BCUT2D eigenvalue weighted by molar-refractivity contribution is -0.121. The van der Waals surface area contributed by atoms with Gasteiger partial charge in [0.2, 0.25) is 18.2 Å². The molecule has 4 aromatic rings. The van der Waals surface area contributed by atoms with Gasteiger partial charge in [0.05, 0.1) is 5.56 Å². The molecule has 28 heavy (non-hydrogen) atoms. The Hall–Kier alpha value is -3.61. The molecule has 0 saturated carbocycles. The normalized spacial score (nSPS) is 10.9. The third kappa shape index (κ3) is 3.59.